The lowest BCUT2D eigenvalue weighted by atomic mass is 10.2. The van der Waals surface area contributed by atoms with Gasteiger partial charge in [-0.2, -0.15) is 0 Å². The van der Waals surface area contributed by atoms with Crippen molar-refractivity contribution in [1.82, 2.24) is 20.1 Å². The third-order valence-corrected chi connectivity index (χ3v) is 5.37. The van der Waals surface area contributed by atoms with Crippen LogP contribution in [0.2, 0.25) is 0 Å². The van der Waals surface area contributed by atoms with Gasteiger partial charge in [0.05, 0.1) is 0 Å². The van der Waals surface area contributed by atoms with E-state index in [1.54, 1.807) is 6.20 Å². The number of nitrogens with zero attached hydrogens (tertiary/aromatic N) is 3. The number of rotatable bonds is 6. The van der Waals surface area contributed by atoms with Gasteiger partial charge in [0, 0.05) is 69.8 Å². The van der Waals surface area contributed by atoms with E-state index in [2.05, 4.69) is 44.4 Å². The maximum Gasteiger partial charge on any atom is 0.119 e. The number of halogens is 1. The van der Waals surface area contributed by atoms with Crippen LogP contribution >= 0.6 is 12.4 Å². The molecule has 27 heavy (non-hydrogen) atoms. The minimum Gasteiger partial charge on any atom is -0.489 e. The van der Waals surface area contributed by atoms with Crippen LogP contribution < -0.4 is 10.1 Å². The number of aromatic nitrogens is 1. The molecule has 0 saturated carbocycles. The lowest BCUT2D eigenvalue weighted by Gasteiger charge is -2.32. The molecule has 1 aromatic heterocycles. The fraction of sp³-hybridized carbons (Fsp3) is 0.476. The molecular formula is C21H29ClN4O. The Labute approximate surface area is 168 Å². The van der Waals surface area contributed by atoms with Crippen molar-refractivity contribution in [2.45, 2.75) is 25.6 Å². The van der Waals surface area contributed by atoms with Crippen molar-refractivity contribution in [3.8, 4) is 5.75 Å². The number of hydrogen-bond acceptors (Lipinski definition) is 5. The van der Waals surface area contributed by atoms with Crippen molar-refractivity contribution in [1.29, 1.82) is 0 Å². The lowest BCUT2D eigenvalue weighted by molar-refractivity contribution is 0.170. The molecule has 2 aliphatic rings. The first-order chi connectivity index (χ1) is 12.9. The Kier molecular flexibility index (Phi) is 7.47. The van der Waals surface area contributed by atoms with Crippen LogP contribution in [0.5, 0.6) is 5.75 Å². The summed E-state index contributed by atoms with van der Waals surface area (Å²) in [5.74, 6) is 0.915. The lowest BCUT2D eigenvalue weighted by Crippen LogP contribution is -2.49. The van der Waals surface area contributed by atoms with E-state index in [1.807, 2.05) is 18.3 Å². The highest BCUT2D eigenvalue weighted by molar-refractivity contribution is 5.85. The predicted octanol–water partition coefficient (Wildman–Crippen LogP) is 2.56. The Morgan fingerprint density at radius 3 is 2.59 bits per heavy atom. The number of ether oxygens (including phenoxy) is 1. The maximum atomic E-state index is 5.85. The standard InChI is InChI=1S/C21H28N4O.ClH/c1-2-19(14-23-8-1)17-26-21-5-3-18(4-6-21)15-24-11-7-20(16-24)25-12-9-22-10-13-25;/h1-6,8,14,20,22H,7,9-13,15-17H2;1H. The Bertz CT molecular complexity index is 676. The molecule has 146 valence electrons. The Hall–Kier alpha value is -1.66. The van der Waals surface area contributed by atoms with Gasteiger partial charge in [-0.05, 0) is 30.2 Å². The van der Waals surface area contributed by atoms with Crippen molar-refractivity contribution in [3.63, 3.8) is 0 Å². The largest absolute Gasteiger partial charge is 0.489 e. The first-order valence-corrected chi connectivity index (χ1v) is 9.64. The molecule has 6 heteroatoms. The SMILES string of the molecule is Cl.c1cncc(COc2ccc(CN3CCC(N4CCNCC4)C3)cc2)c1. The molecule has 0 aliphatic carbocycles. The molecule has 2 fully saturated rings. The van der Waals surface area contributed by atoms with Crippen LogP contribution in [0.15, 0.2) is 48.8 Å². The number of piperazine rings is 1. The fourth-order valence-corrected chi connectivity index (χ4v) is 3.90. The quantitative estimate of drug-likeness (QED) is 0.823. The molecule has 2 aliphatic heterocycles. The van der Waals surface area contributed by atoms with Crippen LogP contribution in [0.1, 0.15) is 17.5 Å². The molecule has 1 N–H and O–H groups in total. The van der Waals surface area contributed by atoms with Gasteiger partial charge in [-0.25, -0.2) is 0 Å². The van der Waals surface area contributed by atoms with Crippen LogP contribution in [-0.2, 0) is 13.2 Å². The zero-order chi connectivity index (χ0) is 17.6. The van der Waals surface area contributed by atoms with E-state index < -0.39 is 0 Å². The fourth-order valence-electron chi connectivity index (χ4n) is 3.90. The summed E-state index contributed by atoms with van der Waals surface area (Å²) in [6.07, 6.45) is 4.92. The Morgan fingerprint density at radius 1 is 1.04 bits per heavy atom. The van der Waals surface area contributed by atoms with Crippen molar-refractivity contribution in [2.75, 3.05) is 39.3 Å². The number of hydrogen-bond donors (Lipinski definition) is 1. The first-order valence-electron chi connectivity index (χ1n) is 9.64. The number of nitrogens with one attached hydrogen (secondary N) is 1. The average molecular weight is 389 g/mol. The zero-order valence-corrected chi connectivity index (χ0v) is 16.5. The van der Waals surface area contributed by atoms with Crippen LogP contribution in [0.4, 0.5) is 0 Å². The van der Waals surface area contributed by atoms with E-state index in [9.17, 15) is 0 Å². The number of benzene rings is 1. The summed E-state index contributed by atoms with van der Waals surface area (Å²) in [5.41, 5.74) is 2.45. The van der Waals surface area contributed by atoms with E-state index in [1.165, 1.54) is 38.2 Å². The van der Waals surface area contributed by atoms with Crippen LogP contribution in [-0.4, -0.2) is 60.1 Å². The van der Waals surface area contributed by atoms with Gasteiger partial charge in [-0.3, -0.25) is 14.8 Å². The van der Waals surface area contributed by atoms with Crippen molar-refractivity contribution in [2.24, 2.45) is 0 Å². The van der Waals surface area contributed by atoms with E-state index in [0.717, 1.165) is 37.0 Å². The predicted molar refractivity (Wildman–Crippen MR) is 110 cm³/mol. The minimum absolute atomic E-state index is 0. The van der Waals surface area contributed by atoms with Gasteiger partial charge >= 0.3 is 0 Å². The Morgan fingerprint density at radius 2 is 1.85 bits per heavy atom. The van der Waals surface area contributed by atoms with Gasteiger partial charge in [0.15, 0.2) is 0 Å². The number of pyridine rings is 1. The molecule has 1 unspecified atom stereocenters. The summed E-state index contributed by atoms with van der Waals surface area (Å²) in [7, 11) is 0. The van der Waals surface area contributed by atoms with E-state index >= 15 is 0 Å². The molecule has 3 heterocycles. The van der Waals surface area contributed by atoms with Crippen molar-refractivity contribution >= 4 is 12.4 Å². The molecule has 4 rings (SSSR count). The van der Waals surface area contributed by atoms with Gasteiger partial charge in [0.25, 0.3) is 0 Å². The highest BCUT2D eigenvalue weighted by atomic mass is 35.5. The maximum absolute atomic E-state index is 5.85. The Balaban J connectivity index is 0.00000210. The van der Waals surface area contributed by atoms with Gasteiger partial charge in [0.2, 0.25) is 0 Å². The minimum atomic E-state index is 0. The molecule has 1 aromatic carbocycles. The van der Waals surface area contributed by atoms with E-state index in [0.29, 0.717) is 6.61 Å². The molecule has 2 aromatic rings. The molecule has 0 radical (unpaired) electrons. The second-order valence-electron chi connectivity index (χ2n) is 7.26. The molecule has 0 spiro atoms. The van der Waals surface area contributed by atoms with Gasteiger partial charge in [-0.1, -0.05) is 18.2 Å². The smallest absolute Gasteiger partial charge is 0.119 e. The number of likely N-dealkylation sites (tertiary alicyclic amines) is 1. The van der Waals surface area contributed by atoms with Crippen LogP contribution in [0, 0.1) is 0 Å². The highest BCUT2D eigenvalue weighted by Crippen LogP contribution is 2.20. The van der Waals surface area contributed by atoms with Crippen molar-refractivity contribution < 1.29 is 4.74 Å². The van der Waals surface area contributed by atoms with Crippen LogP contribution in [0.25, 0.3) is 0 Å². The van der Waals surface area contributed by atoms with Gasteiger partial charge in [-0.15, -0.1) is 12.4 Å². The molecular weight excluding hydrogens is 360 g/mol. The molecule has 0 amide bonds. The molecule has 1 atom stereocenters. The third-order valence-electron chi connectivity index (χ3n) is 5.37. The molecule has 5 nitrogen and oxygen atoms in total. The summed E-state index contributed by atoms with van der Waals surface area (Å²) in [6, 6.07) is 13.2. The summed E-state index contributed by atoms with van der Waals surface area (Å²) >= 11 is 0. The summed E-state index contributed by atoms with van der Waals surface area (Å²) in [6.45, 7) is 8.65. The van der Waals surface area contributed by atoms with E-state index in [4.69, 9.17) is 4.74 Å². The molecule has 2 saturated heterocycles. The summed E-state index contributed by atoms with van der Waals surface area (Å²) in [4.78, 5) is 9.36. The molecule has 0 bridgehead atoms. The van der Waals surface area contributed by atoms with Gasteiger partial charge < -0.3 is 10.1 Å². The summed E-state index contributed by atoms with van der Waals surface area (Å²) < 4.78 is 5.85. The second-order valence-corrected chi connectivity index (χ2v) is 7.26. The van der Waals surface area contributed by atoms with Crippen LogP contribution in [0.3, 0.4) is 0 Å². The van der Waals surface area contributed by atoms with Crippen molar-refractivity contribution in [3.05, 3.63) is 59.9 Å². The zero-order valence-electron chi connectivity index (χ0n) is 15.7. The summed E-state index contributed by atoms with van der Waals surface area (Å²) in [5, 5.41) is 3.44. The van der Waals surface area contributed by atoms with E-state index in [-0.39, 0.29) is 12.4 Å². The second kappa shape index (κ2) is 10.0. The average Bonchev–Trinajstić information content (AvgIpc) is 3.17. The highest BCUT2D eigenvalue weighted by Gasteiger charge is 2.28. The topological polar surface area (TPSA) is 40.6 Å². The third kappa shape index (κ3) is 5.66. The monoisotopic (exact) mass is 388 g/mol. The first kappa shape index (κ1) is 20.1. The normalized spacial score (nSPS) is 21.0. The van der Waals surface area contributed by atoms with Gasteiger partial charge in [0.1, 0.15) is 12.4 Å².